The van der Waals surface area contributed by atoms with E-state index in [9.17, 15) is 18.7 Å². The Kier molecular flexibility index (Phi) is 4.88. The van der Waals surface area contributed by atoms with E-state index in [1.165, 1.54) is 12.1 Å². The topological polar surface area (TPSA) is 43.8 Å². The zero-order valence-corrected chi connectivity index (χ0v) is 14.0. The number of nitrogens with zero attached hydrogens (tertiary/aromatic N) is 2. The molecule has 0 bridgehead atoms. The van der Waals surface area contributed by atoms with E-state index in [4.69, 9.17) is 0 Å². The van der Waals surface area contributed by atoms with Crippen molar-refractivity contribution in [2.45, 2.75) is 31.7 Å². The van der Waals surface area contributed by atoms with E-state index in [1.807, 2.05) is 7.05 Å². The quantitative estimate of drug-likeness (QED) is 0.914. The summed E-state index contributed by atoms with van der Waals surface area (Å²) >= 11 is 0. The minimum atomic E-state index is -0.942. The molecule has 0 spiro atoms. The van der Waals surface area contributed by atoms with Gasteiger partial charge in [-0.25, -0.2) is 8.78 Å². The lowest BCUT2D eigenvalue weighted by molar-refractivity contribution is -0.139. The van der Waals surface area contributed by atoms with E-state index in [1.54, 1.807) is 4.90 Å². The normalized spacial score (nSPS) is 27.8. The smallest absolute Gasteiger partial charge is 0.227 e. The van der Waals surface area contributed by atoms with E-state index in [0.29, 0.717) is 13.1 Å². The fraction of sp³-hybridized carbons (Fsp3) is 0.611. The second kappa shape index (κ2) is 6.76. The number of rotatable bonds is 3. The van der Waals surface area contributed by atoms with Gasteiger partial charge in [-0.3, -0.25) is 4.79 Å². The molecule has 2 aliphatic heterocycles. The van der Waals surface area contributed by atoms with E-state index in [-0.39, 0.29) is 36.0 Å². The van der Waals surface area contributed by atoms with E-state index in [0.717, 1.165) is 31.9 Å². The maximum absolute atomic E-state index is 13.8. The monoisotopic (exact) mass is 338 g/mol. The van der Waals surface area contributed by atoms with Crippen molar-refractivity contribution in [2.24, 2.45) is 5.41 Å². The van der Waals surface area contributed by atoms with Crippen molar-refractivity contribution in [2.75, 3.05) is 33.3 Å². The van der Waals surface area contributed by atoms with Crippen molar-refractivity contribution in [3.63, 3.8) is 0 Å². The van der Waals surface area contributed by atoms with Crippen molar-refractivity contribution in [1.29, 1.82) is 0 Å². The second-order valence-electron chi connectivity index (χ2n) is 7.10. The van der Waals surface area contributed by atoms with Gasteiger partial charge in [0.1, 0.15) is 0 Å². The molecule has 2 atom stereocenters. The Morgan fingerprint density at radius 3 is 2.88 bits per heavy atom. The Morgan fingerprint density at radius 1 is 1.33 bits per heavy atom. The van der Waals surface area contributed by atoms with Gasteiger partial charge in [0.05, 0.1) is 13.0 Å². The molecule has 4 nitrogen and oxygen atoms in total. The Bertz CT molecular complexity index is 625. The van der Waals surface area contributed by atoms with Crippen LogP contribution in [0.25, 0.3) is 0 Å². The van der Waals surface area contributed by atoms with Crippen molar-refractivity contribution in [1.82, 2.24) is 9.80 Å². The third-order valence-electron chi connectivity index (χ3n) is 5.74. The zero-order valence-electron chi connectivity index (χ0n) is 14.0. The number of hydrogen-bond acceptors (Lipinski definition) is 3. The summed E-state index contributed by atoms with van der Waals surface area (Å²) in [6.07, 6.45) is 2.64. The second-order valence-corrected chi connectivity index (χ2v) is 7.10. The molecular formula is C18H24F2N2O2. The van der Waals surface area contributed by atoms with Crippen molar-refractivity contribution >= 4 is 5.91 Å². The molecule has 132 valence electrons. The van der Waals surface area contributed by atoms with Gasteiger partial charge < -0.3 is 14.9 Å². The fourth-order valence-corrected chi connectivity index (χ4v) is 4.20. The molecule has 2 aliphatic rings. The van der Waals surface area contributed by atoms with Gasteiger partial charge in [-0.2, -0.15) is 0 Å². The number of amides is 1. The molecule has 3 rings (SSSR count). The summed E-state index contributed by atoms with van der Waals surface area (Å²) in [7, 11) is 2.02. The summed E-state index contributed by atoms with van der Waals surface area (Å²) in [5.41, 5.74) is -0.0514. The molecule has 0 saturated carbocycles. The Morgan fingerprint density at radius 2 is 2.12 bits per heavy atom. The maximum Gasteiger partial charge on any atom is 0.227 e. The van der Waals surface area contributed by atoms with Crippen LogP contribution in [-0.2, 0) is 11.2 Å². The highest BCUT2D eigenvalue weighted by atomic mass is 19.2. The van der Waals surface area contributed by atoms with Crippen LogP contribution in [0.2, 0.25) is 0 Å². The van der Waals surface area contributed by atoms with Crippen LogP contribution in [0, 0.1) is 17.0 Å². The predicted octanol–water partition coefficient (Wildman–Crippen LogP) is 1.81. The number of likely N-dealkylation sites (tertiary alicyclic amines) is 2. The number of halogens is 2. The number of piperidine rings is 2. The average molecular weight is 338 g/mol. The zero-order chi connectivity index (χ0) is 17.3. The first-order chi connectivity index (χ1) is 11.5. The van der Waals surface area contributed by atoms with Crippen LogP contribution in [0.5, 0.6) is 0 Å². The van der Waals surface area contributed by atoms with Gasteiger partial charge in [-0.1, -0.05) is 12.1 Å². The number of aliphatic hydroxyl groups excluding tert-OH is 1. The molecule has 0 unspecified atom stereocenters. The molecule has 0 radical (unpaired) electrons. The summed E-state index contributed by atoms with van der Waals surface area (Å²) in [6, 6.07) is 4.04. The lowest BCUT2D eigenvalue weighted by Crippen LogP contribution is -2.62. The molecule has 2 heterocycles. The van der Waals surface area contributed by atoms with Crippen LogP contribution in [0.1, 0.15) is 24.8 Å². The summed E-state index contributed by atoms with van der Waals surface area (Å²) in [6.45, 7) is 2.17. The summed E-state index contributed by atoms with van der Waals surface area (Å²) in [5, 5.41) is 9.90. The van der Waals surface area contributed by atoms with Crippen LogP contribution >= 0.6 is 0 Å². The van der Waals surface area contributed by atoms with Crippen LogP contribution < -0.4 is 0 Å². The standard InChI is InChI=1S/C18H24F2N2O2/c1-21-8-3-6-18(12-23)7-9-22(11-15(18)21)16(24)10-13-4-2-5-14(19)17(13)20/h2,4-5,15,23H,3,6-12H2,1H3/t15-,18-/m1/s1. The van der Waals surface area contributed by atoms with E-state index >= 15 is 0 Å². The van der Waals surface area contributed by atoms with Crippen molar-refractivity contribution < 1.29 is 18.7 Å². The highest BCUT2D eigenvalue weighted by Gasteiger charge is 2.47. The maximum atomic E-state index is 13.8. The first-order valence-electron chi connectivity index (χ1n) is 8.48. The molecule has 1 amide bonds. The minimum absolute atomic E-state index is 0.0935. The number of carbonyl (C=O) groups excluding carboxylic acids is 1. The Hall–Kier alpha value is -1.53. The molecule has 1 aromatic rings. The van der Waals surface area contributed by atoms with Crippen LogP contribution in [0.15, 0.2) is 18.2 Å². The number of carbonyl (C=O) groups is 1. The molecule has 1 aromatic carbocycles. The Labute approximate surface area is 141 Å². The number of fused-ring (bicyclic) bond motifs is 1. The number of aliphatic hydroxyl groups is 1. The van der Waals surface area contributed by atoms with E-state index < -0.39 is 11.6 Å². The van der Waals surface area contributed by atoms with Gasteiger partial charge in [0.15, 0.2) is 11.6 Å². The molecule has 0 aromatic heterocycles. The molecule has 2 fully saturated rings. The molecule has 6 heteroatoms. The van der Waals surface area contributed by atoms with E-state index in [2.05, 4.69) is 4.90 Å². The van der Waals surface area contributed by atoms with Gasteiger partial charge in [0.2, 0.25) is 5.91 Å². The highest BCUT2D eigenvalue weighted by Crippen LogP contribution is 2.41. The fourth-order valence-electron chi connectivity index (χ4n) is 4.20. The van der Waals surface area contributed by atoms with Crippen molar-refractivity contribution in [3.8, 4) is 0 Å². The lowest BCUT2D eigenvalue weighted by Gasteiger charge is -2.53. The molecule has 24 heavy (non-hydrogen) atoms. The van der Waals surface area contributed by atoms with Gasteiger partial charge in [-0.05, 0) is 38.9 Å². The first kappa shape index (κ1) is 17.3. The third-order valence-corrected chi connectivity index (χ3v) is 5.74. The summed E-state index contributed by atoms with van der Waals surface area (Å²) in [5.74, 6) is -2.06. The highest BCUT2D eigenvalue weighted by molar-refractivity contribution is 5.79. The van der Waals surface area contributed by atoms with Gasteiger partial charge >= 0.3 is 0 Å². The number of hydrogen-bond donors (Lipinski definition) is 1. The van der Waals surface area contributed by atoms with Crippen LogP contribution in [-0.4, -0.2) is 60.1 Å². The van der Waals surface area contributed by atoms with Gasteiger partial charge in [0.25, 0.3) is 0 Å². The summed E-state index contributed by atoms with van der Waals surface area (Å²) in [4.78, 5) is 16.5. The number of likely N-dealkylation sites (N-methyl/N-ethyl adjacent to an activating group) is 1. The molecule has 0 aliphatic carbocycles. The summed E-state index contributed by atoms with van der Waals surface area (Å²) < 4.78 is 27.1. The van der Waals surface area contributed by atoms with Gasteiger partial charge in [0, 0.05) is 30.1 Å². The molecular weight excluding hydrogens is 314 g/mol. The Balaban J connectivity index is 1.72. The van der Waals surface area contributed by atoms with Crippen LogP contribution in [0.4, 0.5) is 8.78 Å². The van der Waals surface area contributed by atoms with Gasteiger partial charge in [-0.15, -0.1) is 0 Å². The number of benzene rings is 1. The third kappa shape index (κ3) is 3.05. The van der Waals surface area contributed by atoms with Crippen molar-refractivity contribution in [3.05, 3.63) is 35.4 Å². The molecule has 2 saturated heterocycles. The largest absolute Gasteiger partial charge is 0.396 e. The predicted molar refractivity (Wildman–Crippen MR) is 86.4 cm³/mol. The minimum Gasteiger partial charge on any atom is -0.396 e. The lowest BCUT2D eigenvalue weighted by atomic mass is 9.69. The SMILES string of the molecule is CN1CCC[C@]2(CO)CCN(C(=O)Cc3cccc(F)c3F)C[C@@H]12. The first-order valence-corrected chi connectivity index (χ1v) is 8.48. The molecule has 1 N–H and O–H groups in total. The van der Waals surface area contributed by atoms with Crippen LogP contribution in [0.3, 0.4) is 0 Å². The average Bonchev–Trinajstić information content (AvgIpc) is 2.59.